The first-order valence-corrected chi connectivity index (χ1v) is 9.17. The number of carbonyl (C=O) groups excluding carboxylic acids is 1. The molecule has 114 valence electrons. The van der Waals surface area contributed by atoms with Crippen LogP contribution in [0, 0.1) is 11.3 Å². The first-order chi connectivity index (χ1) is 10.7. The predicted molar refractivity (Wildman–Crippen MR) is 88.7 cm³/mol. The van der Waals surface area contributed by atoms with Crippen LogP contribution in [-0.4, -0.2) is 16.4 Å². The molecule has 0 saturated heterocycles. The standard InChI is InChI=1S/C16H17N3OS2/c17-11-16(6-2-1-3-7-16)19-14(20)9-12-10-22-15(18-12)13-5-4-8-21-13/h4-5,8,10H,1-3,6-7,9H2,(H,19,20). The first kappa shape index (κ1) is 15.2. The second kappa shape index (κ2) is 6.59. The summed E-state index contributed by atoms with van der Waals surface area (Å²) >= 11 is 3.20. The highest BCUT2D eigenvalue weighted by Gasteiger charge is 2.33. The summed E-state index contributed by atoms with van der Waals surface area (Å²) in [6, 6.07) is 6.34. The van der Waals surface area contributed by atoms with Gasteiger partial charge in [-0.25, -0.2) is 4.98 Å². The Morgan fingerprint density at radius 1 is 1.36 bits per heavy atom. The third kappa shape index (κ3) is 3.37. The van der Waals surface area contributed by atoms with E-state index in [0.717, 1.165) is 47.7 Å². The summed E-state index contributed by atoms with van der Waals surface area (Å²) in [5, 5.41) is 17.2. The highest BCUT2D eigenvalue weighted by molar-refractivity contribution is 7.20. The zero-order valence-corrected chi connectivity index (χ0v) is 13.8. The molecule has 0 unspecified atom stereocenters. The monoisotopic (exact) mass is 331 g/mol. The highest BCUT2D eigenvalue weighted by Crippen LogP contribution is 2.29. The average molecular weight is 331 g/mol. The second-order valence-electron chi connectivity index (χ2n) is 5.60. The lowest BCUT2D eigenvalue weighted by Crippen LogP contribution is -2.49. The van der Waals surface area contributed by atoms with Gasteiger partial charge in [0.1, 0.15) is 10.5 Å². The summed E-state index contributed by atoms with van der Waals surface area (Å²) in [6.45, 7) is 0. The minimum atomic E-state index is -0.665. The lowest BCUT2D eigenvalue weighted by atomic mass is 9.83. The fourth-order valence-electron chi connectivity index (χ4n) is 2.80. The van der Waals surface area contributed by atoms with Crippen LogP contribution in [0.1, 0.15) is 37.8 Å². The molecule has 2 aromatic heterocycles. The minimum absolute atomic E-state index is 0.105. The van der Waals surface area contributed by atoms with E-state index in [9.17, 15) is 10.1 Å². The van der Waals surface area contributed by atoms with E-state index < -0.39 is 5.54 Å². The van der Waals surface area contributed by atoms with Gasteiger partial charge in [-0.15, -0.1) is 22.7 Å². The molecule has 0 atom stereocenters. The topological polar surface area (TPSA) is 65.8 Å². The summed E-state index contributed by atoms with van der Waals surface area (Å²) in [6.07, 6.45) is 4.92. The molecule has 22 heavy (non-hydrogen) atoms. The lowest BCUT2D eigenvalue weighted by Gasteiger charge is -2.31. The summed E-state index contributed by atoms with van der Waals surface area (Å²) in [5.74, 6) is -0.105. The largest absolute Gasteiger partial charge is 0.337 e. The Balaban J connectivity index is 1.63. The van der Waals surface area contributed by atoms with Gasteiger partial charge in [0, 0.05) is 5.38 Å². The van der Waals surface area contributed by atoms with Crippen molar-refractivity contribution in [2.75, 3.05) is 0 Å². The second-order valence-corrected chi connectivity index (χ2v) is 7.41. The number of thiazole rings is 1. The van der Waals surface area contributed by atoms with Crippen molar-refractivity contribution in [1.82, 2.24) is 10.3 Å². The molecule has 1 aliphatic rings. The van der Waals surface area contributed by atoms with Crippen molar-refractivity contribution in [3.8, 4) is 16.0 Å². The van der Waals surface area contributed by atoms with Crippen LogP contribution in [0.3, 0.4) is 0 Å². The van der Waals surface area contributed by atoms with E-state index in [1.54, 1.807) is 22.7 Å². The van der Waals surface area contributed by atoms with Crippen molar-refractivity contribution in [2.45, 2.75) is 44.1 Å². The van der Waals surface area contributed by atoms with Gasteiger partial charge in [-0.2, -0.15) is 5.26 Å². The van der Waals surface area contributed by atoms with Crippen LogP contribution < -0.4 is 5.32 Å². The lowest BCUT2D eigenvalue weighted by molar-refractivity contribution is -0.122. The average Bonchev–Trinajstić information content (AvgIpc) is 3.19. The molecular formula is C16H17N3OS2. The number of aromatic nitrogens is 1. The minimum Gasteiger partial charge on any atom is -0.337 e. The van der Waals surface area contributed by atoms with E-state index in [1.807, 2.05) is 22.9 Å². The molecule has 0 bridgehead atoms. The van der Waals surface area contributed by atoms with Gasteiger partial charge in [-0.3, -0.25) is 4.79 Å². The zero-order valence-electron chi connectivity index (χ0n) is 12.2. The van der Waals surface area contributed by atoms with Crippen molar-refractivity contribution in [1.29, 1.82) is 5.26 Å². The molecule has 6 heteroatoms. The molecule has 0 aromatic carbocycles. The van der Waals surface area contributed by atoms with Crippen molar-refractivity contribution in [2.24, 2.45) is 0 Å². The predicted octanol–water partition coefficient (Wildman–Crippen LogP) is 3.76. The van der Waals surface area contributed by atoms with E-state index in [2.05, 4.69) is 16.4 Å². The quantitative estimate of drug-likeness (QED) is 0.927. The molecule has 0 radical (unpaired) electrons. The SMILES string of the molecule is N#CC1(NC(=O)Cc2csc(-c3cccs3)n2)CCCCC1. The molecule has 1 amide bonds. The van der Waals surface area contributed by atoms with Crippen LogP contribution in [0.25, 0.3) is 9.88 Å². The molecule has 1 aliphatic carbocycles. The smallest absolute Gasteiger partial charge is 0.227 e. The van der Waals surface area contributed by atoms with E-state index in [-0.39, 0.29) is 12.3 Å². The van der Waals surface area contributed by atoms with E-state index in [0.29, 0.717) is 0 Å². The number of nitriles is 1. The van der Waals surface area contributed by atoms with Crippen LogP contribution in [0.15, 0.2) is 22.9 Å². The van der Waals surface area contributed by atoms with Gasteiger partial charge in [0.05, 0.1) is 23.1 Å². The van der Waals surface area contributed by atoms with Crippen molar-refractivity contribution < 1.29 is 4.79 Å². The summed E-state index contributed by atoms with van der Waals surface area (Å²) in [7, 11) is 0. The number of amides is 1. The van der Waals surface area contributed by atoms with Gasteiger partial charge < -0.3 is 5.32 Å². The molecule has 2 heterocycles. The number of nitrogens with zero attached hydrogens (tertiary/aromatic N) is 2. The molecule has 1 saturated carbocycles. The maximum Gasteiger partial charge on any atom is 0.227 e. The Labute approximate surface area is 137 Å². The number of nitrogens with one attached hydrogen (secondary N) is 1. The van der Waals surface area contributed by atoms with E-state index in [4.69, 9.17) is 0 Å². The Kier molecular flexibility index (Phi) is 4.55. The first-order valence-electron chi connectivity index (χ1n) is 7.41. The van der Waals surface area contributed by atoms with Crippen LogP contribution in [0.5, 0.6) is 0 Å². The molecule has 1 fully saturated rings. The van der Waals surface area contributed by atoms with Crippen LogP contribution in [-0.2, 0) is 11.2 Å². The summed E-state index contributed by atoms with van der Waals surface area (Å²) < 4.78 is 0. The summed E-state index contributed by atoms with van der Waals surface area (Å²) in [5.41, 5.74) is 0.108. The Morgan fingerprint density at radius 3 is 2.86 bits per heavy atom. The molecule has 3 rings (SSSR count). The third-order valence-corrected chi connectivity index (χ3v) is 5.86. The van der Waals surface area contributed by atoms with Crippen LogP contribution >= 0.6 is 22.7 Å². The van der Waals surface area contributed by atoms with Gasteiger partial charge in [0.25, 0.3) is 0 Å². The number of thiophene rings is 1. The van der Waals surface area contributed by atoms with Crippen LogP contribution in [0.2, 0.25) is 0 Å². The van der Waals surface area contributed by atoms with Gasteiger partial charge in [0.15, 0.2) is 0 Å². The zero-order chi connectivity index (χ0) is 15.4. The molecule has 2 aromatic rings. The molecule has 0 aliphatic heterocycles. The van der Waals surface area contributed by atoms with Crippen molar-refractivity contribution >= 4 is 28.6 Å². The maximum atomic E-state index is 12.2. The van der Waals surface area contributed by atoms with Crippen molar-refractivity contribution in [3.63, 3.8) is 0 Å². The van der Waals surface area contributed by atoms with E-state index >= 15 is 0 Å². The maximum absolute atomic E-state index is 12.2. The van der Waals surface area contributed by atoms with Gasteiger partial charge in [-0.1, -0.05) is 25.3 Å². The molecular weight excluding hydrogens is 314 g/mol. The number of carbonyl (C=O) groups is 1. The molecule has 0 spiro atoms. The number of hydrogen-bond donors (Lipinski definition) is 1. The number of rotatable bonds is 4. The Hall–Kier alpha value is -1.71. The van der Waals surface area contributed by atoms with Crippen LogP contribution in [0.4, 0.5) is 0 Å². The molecule has 1 N–H and O–H groups in total. The van der Waals surface area contributed by atoms with Crippen molar-refractivity contribution in [3.05, 3.63) is 28.6 Å². The van der Waals surface area contributed by atoms with Gasteiger partial charge in [0.2, 0.25) is 5.91 Å². The molecule has 4 nitrogen and oxygen atoms in total. The third-order valence-electron chi connectivity index (χ3n) is 3.93. The Bertz CT molecular complexity index is 679. The number of hydrogen-bond acceptors (Lipinski definition) is 5. The Morgan fingerprint density at radius 2 is 2.18 bits per heavy atom. The van der Waals surface area contributed by atoms with Gasteiger partial charge >= 0.3 is 0 Å². The highest BCUT2D eigenvalue weighted by atomic mass is 32.1. The van der Waals surface area contributed by atoms with E-state index in [1.165, 1.54) is 0 Å². The summed E-state index contributed by atoms with van der Waals surface area (Å²) in [4.78, 5) is 17.9. The normalized spacial score (nSPS) is 16.9. The fraction of sp³-hybridized carbons (Fsp3) is 0.438. The van der Waals surface area contributed by atoms with Gasteiger partial charge in [-0.05, 0) is 24.3 Å². The fourth-order valence-corrected chi connectivity index (χ4v) is 4.43.